The molecular formula is C18H33N5O. The third kappa shape index (κ3) is 4.35. The van der Waals surface area contributed by atoms with E-state index in [1.807, 2.05) is 13.2 Å². The van der Waals surface area contributed by atoms with Crippen molar-refractivity contribution in [2.24, 2.45) is 11.3 Å². The number of carbonyl (C=O) groups is 1. The standard InChI is InChI=1S/C18H33N5O/c1-13(2)10-15-8-7-9-22(15)17(24)16(18(3,4)5)23-12-14(11-19-6)20-21-23/h12-13,15-16,19H,7-11H2,1-6H3. The van der Waals surface area contributed by atoms with E-state index in [9.17, 15) is 4.79 Å². The van der Waals surface area contributed by atoms with Gasteiger partial charge in [0, 0.05) is 19.1 Å². The first-order valence-electron chi connectivity index (χ1n) is 9.09. The highest BCUT2D eigenvalue weighted by Crippen LogP contribution is 2.35. The Hall–Kier alpha value is -1.43. The molecule has 0 aliphatic carbocycles. The largest absolute Gasteiger partial charge is 0.338 e. The van der Waals surface area contributed by atoms with Crippen LogP contribution >= 0.6 is 0 Å². The lowest BCUT2D eigenvalue weighted by molar-refractivity contribution is -0.139. The molecule has 1 aromatic rings. The Morgan fingerprint density at radius 3 is 2.71 bits per heavy atom. The summed E-state index contributed by atoms with van der Waals surface area (Å²) in [6, 6.07) is 0.0472. The molecule has 2 heterocycles. The zero-order valence-corrected chi connectivity index (χ0v) is 16.0. The van der Waals surface area contributed by atoms with Gasteiger partial charge >= 0.3 is 0 Å². The molecule has 136 valence electrons. The zero-order chi connectivity index (χ0) is 17.9. The number of amides is 1. The van der Waals surface area contributed by atoms with E-state index in [1.165, 1.54) is 0 Å². The van der Waals surface area contributed by atoms with Gasteiger partial charge in [-0.2, -0.15) is 0 Å². The Balaban J connectivity index is 2.25. The van der Waals surface area contributed by atoms with Crippen LogP contribution in [0.15, 0.2) is 6.20 Å². The quantitative estimate of drug-likeness (QED) is 0.868. The molecule has 2 atom stereocenters. The van der Waals surface area contributed by atoms with Gasteiger partial charge < -0.3 is 10.2 Å². The van der Waals surface area contributed by atoms with Crippen LogP contribution in [0.25, 0.3) is 0 Å². The van der Waals surface area contributed by atoms with Crippen LogP contribution in [0.2, 0.25) is 0 Å². The van der Waals surface area contributed by atoms with Crippen LogP contribution in [0.5, 0.6) is 0 Å². The summed E-state index contributed by atoms with van der Waals surface area (Å²) < 4.78 is 1.76. The normalized spacial score (nSPS) is 20.0. The van der Waals surface area contributed by atoms with Crippen molar-refractivity contribution in [3.63, 3.8) is 0 Å². The van der Waals surface area contributed by atoms with Gasteiger partial charge in [-0.3, -0.25) is 4.79 Å². The van der Waals surface area contributed by atoms with E-state index in [2.05, 4.69) is 55.1 Å². The van der Waals surface area contributed by atoms with Gasteiger partial charge in [0.1, 0.15) is 6.04 Å². The fourth-order valence-electron chi connectivity index (χ4n) is 3.65. The van der Waals surface area contributed by atoms with Crippen LogP contribution in [-0.4, -0.2) is 45.4 Å². The molecule has 1 aliphatic heterocycles. The Morgan fingerprint density at radius 1 is 1.42 bits per heavy atom. The second-order valence-corrected chi connectivity index (χ2v) is 8.45. The predicted octanol–water partition coefficient (Wildman–Crippen LogP) is 2.62. The third-order valence-corrected chi connectivity index (χ3v) is 4.64. The molecule has 0 spiro atoms. The molecule has 2 rings (SSSR count). The molecule has 1 aromatic heterocycles. The van der Waals surface area contributed by atoms with Crippen molar-refractivity contribution in [2.75, 3.05) is 13.6 Å². The van der Waals surface area contributed by atoms with E-state index in [0.29, 0.717) is 18.5 Å². The Bertz CT molecular complexity index is 546. The minimum atomic E-state index is -0.316. The molecule has 0 aromatic carbocycles. The van der Waals surface area contributed by atoms with Gasteiger partial charge in [-0.1, -0.05) is 39.8 Å². The molecule has 6 nitrogen and oxygen atoms in total. The molecule has 1 saturated heterocycles. The van der Waals surface area contributed by atoms with Crippen LogP contribution in [0.1, 0.15) is 65.6 Å². The SMILES string of the molecule is CNCc1cn(C(C(=O)N2CCCC2CC(C)C)C(C)(C)C)nn1. The fourth-order valence-corrected chi connectivity index (χ4v) is 3.65. The molecule has 6 heteroatoms. The first-order valence-corrected chi connectivity index (χ1v) is 9.09. The van der Waals surface area contributed by atoms with E-state index in [4.69, 9.17) is 0 Å². The molecule has 1 N–H and O–H groups in total. The van der Waals surface area contributed by atoms with Gasteiger partial charge in [-0.25, -0.2) is 4.68 Å². The van der Waals surface area contributed by atoms with Gasteiger partial charge in [-0.15, -0.1) is 5.10 Å². The maximum Gasteiger partial charge on any atom is 0.248 e. The average molecular weight is 335 g/mol. The highest BCUT2D eigenvalue weighted by Gasteiger charge is 2.40. The molecule has 1 aliphatic rings. The molecule has 24 heavy (non-hydrogen) atoms. The van der Waals surface area contributed by atoms with Crippen LogP contribution < -0.4 is 5.32 Å². The third-order valence-electron chi connectivity index (χ3n) is 4.64. The summed E-state index contributed by atoms with van der Waals surface area (Å²) in [5.74, 6) is 0.789. The number of rotatable bonds is 6. The van der Waals surface area contributed by atoms with Crippen molar-refractivity contribution in [2.45, 2.75) is 72.5 Å². The molecule has 1 amide bonds. The van der Waals surface area contributed by atoms with Gasteiger partial charge in [0.25, 0.3) is 0 Å². The molecular weight excluding hydrogens is 302 g/mol. The summed E-state index contributed by atoms with van der Waals surface area (Å²) >= 11 is 0. The van der Waals surface area contributed by atoms with Gasteiger partial charge in [0.05, 0.1) is 11.9 Å². The lowest BCUT2D eigenvalue weighted by atomic mass is 9.85. The highest BCUT2D eigenvalue weighted by molar-refractivity contribution is 5.81. The van der Waals surface area contributed by atoms with Gasteiger partial charge in [0.15, 0.2) is 0 Å². The molecule has 1 fully saturated rings. The summed E-state index contributed by atoms with van der Waals surface area (Å²) in [5.41, 5.74) is 0.645. The first kappa shape index (κ1) is 18.9. The second kappa shape index (κ2) is 7.64. The lowest BCUT2D eigenvalue weighted by Gasteiger charge is -2.35. The van der Waals surface area contributed by atoms with Crippen LogP contribution in [0, 0.1) is 11.3 Å². The van der Waals surface area contributed by atoms with E-state index >= 15 is 0 Å². The number of likely N-dealkylation sites (tertiary alicyclic amines) is 1. The average Bonchev–Trinajstić information content (AvgIpc) is 3.07. The van der Waals surface area contributed by atoms with Crippen molar-refractivity contribution in [1.29, 1.82) is 0 Å². The Morgan fingerprint density at radius 2 is 2.12 bits per heavy atom. The lowest BCUT2D eigenvalue weighted by Crippen LogP contribution is -2.45. The van der Waals surface area contributed by atoms with Crippen LogP contribution in [0.3, 0.4) is 0 Å². The number of nitrogens with zero attached hydrogens (tertiary/aromatic N) is 4. The predicted molar refractivity (Wildman–Crippen MR) is 95.5 cm³/mol. The second-order valence-electron chi connectivity index (χ2n) is 8.45. The van der Waals surface area contributed by atoms with E-state index in [1.54, 1.807) is 4.68 Å². The highest BCUT2D eigenvalue weighted by atomic mass is 16.2. The number of hydrogen-bond donors (Lipinski definition) is 1. The monoisotopic (exact) mass is 335 g/mol. The first-order chi connectivity index (χ1) is 11.2. The summed E-state index contributed by atoms with van der Waals surface area (Å²) in [4.78, 5) is 15.5. The maximum atomic E-state index is 13.4. The zero-order valence-electron chi connectivity index (χ0n) is 16.0. The Labute approximate surface area is 146 Å². The van der Waals surface area contributed by atoms with Crippen LogP contribution in [0.4, 0.5) is 0 Å². The minimum Gasteiger partial charge on any atom is -0.338 e. The number of nitrogens with one attached hydrogen (secondary N) is 1. The van der Waals surface area contributed by atoms with Crippen molar-refractivity contribution in [3.8, 4) is 0 Å². The van der Waals surface area contributed by atoms with E-state index in [0.717, 1.165) is 31.5 Å². The van der Waals surface area contributed by atoms with E-state index < -0.39 is 0 Å². The number of hydrogen-bond acceptors (Lipinski definition) is 4. The maximum absolute atomic E-state index is 13.4. The van der Waals surface area contributed by atoms with Crippen LogP contribution in [-0.2, 0) is 11.3 Å². The van der Waals surface area contributed by atoms with Crippen molar-refractivity contribution in [3.05, 3.63) is 11.9 Å². The van der Waals surface area contributed by atoms with Gasteiger partial charge in [0.2, 0.25) is 5.91 Å². The van der Waals surface area contributed by atoms with Crippen molar-refractivity contribution < 1.29 is 4.79 Å². The summed E-state index contributed by atoms with van der Waals surface area (Å²) in [7, 11) is 1.88. The molecule has 0 saturated carbocycles. The Kier molecular flexibility index (Phi) is 6.01. The van der Waals surface area contributed by atoms with Crippen molar-refractivity contribution >= 4 is 5.91 Å². The molecule has 2 unspecified atom stereocenters. The summed E-state index contributed by atoms with van der Waals surface area (Å²) in [5, 5.41) is 11.5. The minimum absolute atomic E-state index is 0.187. The fraction of sp³-hybridized carbons (Fsp3) is 0.833. The summed E-state index contributed by atoms with van der Waals surface area (Å²) in [6.45, 7) is 12.3. The number of aromatic nitrogens is 3. The van der Waals surface area contributed by atoms with Crippen molar-refractivity contribution in [1.82, 2.24) is 25.2 Å². The molecule has 0 bridgehead atoms. The topological polar surface area (TPSA) is 63.1 Å². The molecule has 0 radical (unpaired) electrons. The smallest absolute Gasteiger partial charge is 0.248 e. The summed E-state index contributed by atoms with van der Waals surface area (Å²) in [6.07, 6.45) is 5.19. The van der Waals surface area contributed by atoms with Gasteiger partial charge in [-0.05, 0) is 37.6 Å². The number of carbonyl (C=O) groups excluding carboxylic acids is 1. The van der Waals surface area contributed by atoms with E-state index in [-0.39, 0.29) is 17.4 Å².